The smallest absolute Gasteiger partial charge is 0.416 e. The molecule has 2 N–H and O–H groups in total. The highest BCUT2D eigenvalue weighted by atomic mass is 35.5. The summed E-state index contributed by atoms with van der Waals surface area (Å²) in [6, 6.07) is 6.32. The number of aryl methyl sites for hydroxylation is 1. The first kappa shape index (κ1) is 15.4. The van der Waals surface area contributed by atoms with Crippen molar-refractivity contribution in [2.24, 2.45) is 0 Å². The van der Waals surface area contributed by atoms with E-state index in [1.54, 1.807) is 13.0 Å². The molecular weight excluding hydrogens is 305 g/mol. The molecule has 0 amide bonds. The zero-order chi connectivity index (χ0) is 15.6. The predicted octanol–water partition coefficient (Wildman–Crippen LogP) is 4.38. The number of aromatic hydroxyl groups is 1. The van der Waals surface area contributed by atoms with E-state index in [-0.39, 0.29) is 23.0 Å². The molecular formula is C14H12ClF3N2O. The lowest BCUT2D eigenvalue weighted by molar-refractivity contribution is -0.137. The monoisotopic (exact) mass is 316 g/mol. The number of alkyl halides is 3. The molecule has 0 saturated carbocycles. The second kappa shape index (κ2) is 5.81. The van der Waals surface area contributed by atoms with Crippen LogP contribution in [0.2, 0.25) is 5.02 Å². The van der Waals surface area contributed by atoms with Crippen LogP contribution in [0.25, 0.3) is 0 Å². The lowest BCUT2D eigenvalue weighted by Crippen LogP contribution is -2.07. The second-order valence-electron chi connectivity index (χ2n) is 4.50. The molecule has 0 aliphatic rings. The minimum Gasteiger partial charge on any atom is -0.506 e. The van der Waals surface area contributed by atoms with Gasteiger partial charge in [0, 0.05) is 16.4 Å². The molecule has 2 aromatic rings. The van der Waals surface area contributed by atoms with E-state index in [1.807, 2.05) is 0 Å². The highest BCUT2D eigenvalue weighted by molar-refractivity contribution is 6.30. The summed E-state index contributed by atoms with van der Waals surface area (Å²) in [6.45, 7) is 1.84. The Kier molecular flexibility index (Phi) is 4.27. The average molecular weight is 317 g/mol. The van der Waals surface area contributed by atoms with E-state index >= 15 is 0 Å². The Morgan fingerprint density at radius 3 is 2.62 bits per heavy atom. The third kappa shape index (κ3) is 4.01. The molecule has 0 spiro atoms. The molecule has 0 radical (unpaired) electrons. The lowest BCUT2D eigenvalue weighted by atomic mass is 10.2. The number of pyridine rings is 1. The van der Waals surface area contributed by atoms with Crippen LogP contribution >= 0.6 is 11.6 Å². The molecule has 0 aliphatic carbocycles. The molecule has 0 atom stereocenters. The van der Waals surface area contributed by atoms with E-state index in [1.165, 1.54) is 12.1 Å². The number of benzene rings is 1. The number of nitrogens with one attached hydrogen (secondary N) is 1. The summed E-state index contributed by atoms with van der Waals surface area (Å²) in [4.78, 5) is 4.11. The highest BCUT2D eigenvalue weighted by Gasteiger charge is 2.31. The van der Waals surface area contributed by atoms with Crippen molar-refractivity contribution in [1.29, 1.82) is 0 Å². The van der Waals surface area contributed by atoms with Gasteiger partial charge in [-0.3, -0.25) is 4.98 Å². The van der Waals surface area contributed by atoms with Crippen molar-refractivity contribution >= 4 is 17.3 Å². The maximum atomic E-state index is 12.7. The Hall–Kier alpha value is -1.95. The topological polar surface area (TPSA) is 45.1 Å². The fraction of sp³-hybridized carbons (Fsp3) is 0.214. The summed E-state index contributed by atoms with van der Waals surface area (Å²) >= 11 is 5.69. The van der Waals surface area contributed by atoms with Crippen LogP contribution in [-0.4, -0.2) is 10.1 Å². The van der Waals surface area contributed by atoms with Crippen LogP contribution in [0.15, 0.2) is 30.3 Å². The van der Waals surface area contributed by atoms with Gasteiger partial charge >= 0.3 is 6.18 Å². The van der Waals surface area contributed by atoms with Gasteiger partial charge in [0.1, 0.15) is 11.4 Å². The number of rotatable bonds is 3. The number of aromatic nitrogens is 1. The number of hydrogen-bond donors (Lipinski definition) is 2. The van der Waals surface area contributed by atoms with Gasteiger partial charge in [-0.05, 0) is 37.3 Å². The van der Waals surface area contributed by atoms with Gasteiger partial charge in [0.15, 0.2) is 0 Å². The van der Waals surface area contributed by atoms with Crippen molar-refractivity contribution in [1.82, 2.24) is 4.98 Å². The molecule has 2 rings (SSSR count). The summed E-state index contributed by atoms with van der Waals surface area (Å²) < 4.78 is 38.1. The lowest BCUT2D eigenvalue weighted by Gasteiger charge is -2.12. The van der Waals surface area contributed by atoms with Crippen LogP contribution in [0.3, 0.4) is 0 Å². The second-order valence-corrected chi connectivity index (χ2v) is 4.93. The number of nitrogens with zero attached hydrogens (tertiary/aromatic N) is 1. The third-order valence-corrected chi connectivity index (χ3v) is 2.99. The largest absolute Gasteiger partial charge is 0.506 e. The van der Waals surface area contributed by atoms with Gasteiger partial charge in [-0.15, -0.1) is 0 Å². The molecule has 1 heterocycles. The van der Waals surface area contributed by atoms with Gasteiger partial charge in [0.25, 0.3) is 0 Å². The Balaban J connectivity index is 2.20. The molecule has 1 aromatic carbocycles. The van der Waals surface area contributed by atoms with Crippen molar-refractivity contribution in [2.75, 3.05) is 5.32 Å². The highest BCUT2D eigenvalue weighted by Crippen LogP contribution is 2.33. The maximum absolute atomic E-state index is 12.7. The fourth-order valence-corrected chi connectivity index (χ4v) is 2.01. The zero-order valence-electron chi connectivity index (χ0n) is 11.0. The predicted molar refractivity (Wildman–Crippen MR) is 74.4 cm³/mol. The number of hydrogen-bond acceptors (Lipinski definition) is 3. The quantitative estimate of drug-likeness (QED) is 0.883. The van der Waals surface area contributed by atoms with Gasteiger partial charge in [-0.2, -0.15) is 13.2 Å². The van der Waals surface area contributed by atoms with Crippen LogP contribution in [0.5, 0.6) is 5.75 Å². The molecule has 0 unspecified atom stereocenters. The van der Waals surface area contributed by atoms with Crippen LogP contribution in [0.1, 0.15) is 17.0 Å². The molecule has 112 valence electrons. The number of halogens is 4. The first-order chi connectivity index (χ1) is 9.75. The Morgan fingerprint density at radius 1 is 1.24 bits per heavy atom. The average Bonchev–Trinajstić information content (AvgIpc) is 2.38. The third-order valence-electron chi connectivity index (χ3n) is 2.77. The summed E-state index contributed by atoms with van der Waals surface area (Å²) in [5.41, 5.74) is 0.423. The summed E-state index contributed by atoms with van der Waals surface area (Å²) in [5.74, 6) is -0.0221. The maximum Gasteiger partial charge on any atom is 0.416 e. The van der Waals surface area contributed by atoms with Crippen LogP contribution < -0.4 is 5.32 Å². The Morgan fingerprint density at radius 2 is 1.95 bits per heavy atom. The molecule has 0 bridgehead atoms. The van der Waals surface area contributed by atoms with E-state index in [4.69, 9.17) is 11.6 Å². The first-order valence-corrected chi connectivity index (χ1v) is 6.40. The van der Waals surface area contributed by atoms with Gasteiger partial charge in [-0.25, -0.2) is 0 Å². The SMILES string of the molecule is Cc1ccc(O)c(CNc2cc(Cl)cc(C(F)(F)F)c2)n1. The fourth-order valence-electron chi connectivity index (χ4n) is 1.77. The van der Waals surface area contributed by atoms with Crippen LogP contribution in [-0.2, 0) is 12.7 Å². The standard InChI is InChI=1S/C14H12ClF3N2O/c1-8-2-3-13(21)12(20-8)7-19-11-5-9(14(16,17)18)4-10(15)6-11/h2-6,19,21H,7H2,1H3. The van der Waals surface area contributed by atoms with E-state index < -0.39 is 11.7 Å². The van der Waals surface area contributed by atoms with E-state index in [0.717, 1.165) is 12.1 Å². The first-order valence-electron chi connectivity index (χ1n) is 6.03. The molecule has 3 nitrogen and oxygen atoms in total. The Bertz CT molecular complexity index is 659. The molecule has 0 saturated heterocycles. The Labute approximate surface area is 124 Å². The van der Waals surface area contributed by atoms with Crippen molar-refractivity contribution in [3.63, 3.8) is 0 Å². The minimum atomic E-state index is -4.47. The summed E-state index contributed by atoms with van der Waals surface area (Å²) in [5, 5.41) is 12.4. The molecule has 0 aliphatic heterocycles. The molecule has 21 heavy (non-hydrogen) atoms. The molecule has 1 aromatic heterocycles. The van der Waals surface area contributed by atoms with Crippen molar-refractivity contribution in [3.8, 4) is 5.75 Å². The zero-order valence-corrected chi connectivity index (χ0v) is 11.8. The summed E-state index contributed by atoms with van der Waals surface area (Å²) in [7, 11) is 0. The van der Waals surface area contributed by atoms with Crippen LogP contribution in [0.4, 0.5) is 18.9 Å². The van der Waals surface area contributed by atoms with E-state index in [9.17, 15) is 18.3 Å². The van der Waals surface area contributed by atoms with Crippen LogP contribution in [0, 0.1) is 6.92 Å². The van der Waals surface area contributed by atoms with Crippen molar-refractivity contribution in [2.45, 2.75) is 19.6 Å². The minimum absolute atomic E-state index is 0.0197. The van der Waals surface area contributed by atoms with Gasteiger partial charge in [0.05, 0.1) is 12.1 Å². The molecule has 0 fully saturated rings. The van der Waals surface area contributed by atoms with E-state index in [2.05, 4.69) is 10.3 Å². The normalized spacial score (nSPS) is 11.5. The van der Waals surface area contributed by atoms with Gasteiger partial charge < -0.3 is 10.4 Å². The van der Waals surface area contributed by atoms with Crippen molar-refractivity contribution < 1.29 is 18.3 Å². The van der Waals surface area contributed by atoms with Crippen molar-refractivity contribution in [3.05, 3.63) is 52.3 Å². The molecule has 7 heteroatoms. The van der Waals surface area contributed by atoms with Gasteiger partial charge in [0.2, 0.25) is 0 Å². The summed E-state index contributed by atoms with van der Waals surface area (Å²) in [6.07, 6.45) is -4.47. The van der Waals surface area contributed by atoms with E-state index in [0.29, 0.717) is 11.4 Å². The number of anilines is 1. The van der Waals surface area contributed by atoms with Gasteiger partial charge in [-0.1, -0.05) is 11.6 Å².